The number of nitrogens with zero attached hydrogens (tertiary/aromatic N) is 1. The highest BCUT2D eigenvalue weighted by atomic mass is 16.4. The number of aliphatic carboxylic acids is 1. The van der Waals surface area contributed by atoms with E-state index in [1.165, 1.54) is 0 Å². The molecule has 1 saturated carbocycles. The van der Waals surface area contributed by atoms with Gasteiger partial charge in [0.25, 0.3) is 0 Å². The Morgan fingerprint density at radius 1 is 1.42 bits per heavy atom. The van der Waals surface area contributed by atoms with Crippen LogP contribution in [0.3, 0.4) is 0 Å². The second-order valence-corrected chi connectivity index (χ2v) is 3.42. The highest BCUT2D eigenvalue weighted by molar-refractivity contribution is 5.69. The third-order valence-corrected chi connectivity index (χ3v) is 2.58. The zero-order chi connectivity index (χ0) is 8.97. The third kappa shape index (κ3) is 2.23. The van der Waals surface area contributed by atoms with Crippen LogP contribution in [0.25, 0.3) is 0 Å². The predicted octanol–water partition coefficient (Wildman–Crippen LogP) is 1.79. The molecule has 0 aliphatic heterocycles. The molecular weight excluding hydrogens is 154 g/mol. The van der Waals surface area contributed by atoms with Gasteiger partial charge in [-0.3, -0.25) is 4.79 Å². The summed E-state index contributed by atoms with van der Waals surface area (Å²) in [5.41, 5.74) is 0. The first-order valence-electron chi connectivity index (χ1n) is 4.33. The van der Waals surface area contributed by atoms with Crippen molar-refractivity contribution in [2.75, 3.05) is 0 Å². The first kappa shape index (κ1) is 9.05. The molecule has 0 heterocycles. The zero-order valence-corrected chi connectivity index (χ0v) is 6.99. The lowest BCUT2D eigenvalue weighted by atomic mass is 9.81. The van der Waals surface area contributed by atoms with E-state index in [1.54, 1.807) is 0 Å². The van der Waals surface area contributed by atoms with Gasteiger partial charge in [-0.1, -0.05) is 0 Å². The van der Waals surface area contributed by atoms with Crippen LogP contribution in [0, 0.1) is 23.2 Å². The second kappa shape index (κ2) is 4.10. The lowest BCUT2D eigenvalue weighted by Gasteiger charge is -2.23. The molecule has 0 amide bonds. The van der Waals surface area contributed by atoms with Crippen LogP contribution in [-0.4, -0.2) is 11.1 Å². The van der Waals surface area contributed by atoms with Gasteiger partial charge in [-0.15, -0.1) is 0 Å². The summed E-state index contributed by atoms with van der Waals surface area (Å²) in [6.45, 7) is 0. The van der Waals surface area contributed by atoms with Crippen molar-refractivity contribution >= 4 is 5.97 Å². The molecule has 12 heavy (non-hydrogen) atoms. The molecule has 0 spiro atoms. The largest absolute Gasteiger partial charge is 0.481 e. The van der Waals surface area contributed by atoms with Crippen molar-refractivity contribution in [3.8, 4) is 6.07 Å². The molecule has 3 nitrogen and oxygen atoms in total. The van der Waals surface area contributed by atoms with Crippen molar-refractivity contribution in [2.45, 2.75) is 32.1 Å². The molecule has 1 aliphatic carbocycles. The molecule has 3 heteroatoms. The summed E-state index contributed by atoms with van der Waals surface area (Å²) >= 11 is 0. The summed E-state index contributed by atoms with van der Waals surface area (Å²) < 4.78 is 0. The van der Waals surface area contributed by atoms with E-state index in [0.717, 1.165) is 25.7 Å². The van der Waals surface area contributed by atoms with Crippen LogP contribution >= 0.6 is 0 Å². The van der Waals surface area contributed by atoms with Gasteiger partial charge in [0.2, 0.25) is 0 Å². The Balaban J connectivity index is 2.30. The minimum Gasteiger partial charge on any atom is -0.481 e. The molecule has 66 valence electrons. The maximum Gasteiger partial charge on any atom is 0.306 e. The van der Waals surface area contributed by atoms with Crippen LogP contribution in [0.15, 0.2) is 0 Å². The Kier molecular flexibility index (Phi) is 3.09. The number of hydrogen-bond acceptors (Lipinski definition) is 2. The number of carbonyl (C=O) groups is 1. The fourth-order valence-electron chi connectivity index (χ4n) is 1.74. The van der Waals surface area contributed by atoms with E-state index >= 15 is 0 Å². The third-order valence-electron chi connectivity index (χ3n) is 2.58. The van der Waals surface area contributed by atoms with E-state index in [1.807, 2.05) is 0 Å². The molecule has 0 aromatic heterocycles. The molecule has 1 N–H and O–H groups in total. The van der Waals surface area contributed by atoms with E-state index in [9.17, 15) is 4.79 Å². The molecule has 0 unspecified atom stereocenters. The van der Waals surface area contributed by atoms with E-state index in [4.69, 9.17) is 10.4 Å². The van der Waals surface area contributed by atoms with Crippen molar-refractivity contribution in [3.63, 3.8) is 0 Å². The van der Waals surface area contributed by atoms with Gasteiger partial charge in [0, 0.05) is 6.42 Å². The summed E-state index contributed by atoms with van der Waals surface area (Å²) in [5, 5.41) is 17.1. The Morgan fingerprint density at radius 2 is 2.00 bits per heavy atom. The lowest BCUT2D eigenvalue weighted by Crippen LogP contribution is -2.21. The topological polar surface area (TPSA) is 61.1 Å². The van der Waals surface area contributed by atoms with Gasteiger partial charge in [0.1, 0.15) is 0 Å². The Labute approximate surface area is 72.0 Å². The molecule has 1 aliphatic rings. The minimum atomic E-state index is -0.676. The molecule has 1 rings (SSSR count). The zero-order valence-electron chi connectivity index (χ0n) is 6.99. The quantitative estimate of drug-likeness (QED) is 0.682. The molecule has 0 bridgehead atoms. The van der Waals surface area contributed by atoms with Crippen LogP contribution in [0.4, 0.5) is 0 Å². The van der Waals surface area contributed by atoms with Crippen molar-refractivity contribution < 1.29 is 9.90 Å². The molecule has 0 saturated heterocycles. The van der Waals surface area contributed by atoms with Gasteiger partial charge in [-0.2, -0.15) is 5.26 Å². The van der Waals surface area contributed by atoms with Crippen molar-refractivity contribution in [3.05, 3.63) is 0 Å². The summed E-state index contributed by atoms with van der Waals surface area (Å²) in [5.74, 6) is -0.379. The van der Waals surface area contributed by atoms with Crippen LogP contribution < -0.4 is 0 Å². The highest BCUT2D eigenvalue weighted by Crippen LogP contribution is 2.30. The van der Waals surface area contributed by atoms with Crippen molar-refractivity contribution in [1.29, 1.82) is 5.26 Å². The molecule has 0 aromatic rings. The summed E-state index contributed by atoms with van der Waals surface area (Å²) in [6.07, 6.45) is 3.91. The Morgan fingerprint density at radius 3 is 2.42 bits per heavy atom. The fraction of sp³-hybridized carbons (Fsp3) is 0.778. The number of rotatable bonds is 2. The SMILES string of the molecule is N#CC[C@H]1CC[C@H](C(=O)O)CC1. The monoisotopic (exact) mass is 167 g/mol. The fourth-order valence-corrected chi connectivity index (χ4v) is 1.74. The number of carboxylic acids is 1. The lowest BCUT2D eigenvalue weighted by molar-refractivity contribution is -0.143. The first-order valence-corrected chi connectivity index (χ1v) is 4.33. The first-order chi connectivity index (χ1) is 5.74. The Hall–Kier alpha value is -1.04. The minimum absolute atomic E-state index is 0.153. The van der Waals surface area contributed by atoms with Crippen LogP contribution in [-0.2, 0) is 4.79 Å². The number of hydrogen-bond donors (Lipinski definition) is 1. The maximum absolute atomic E-state index is 10.6. The highest BCUT2D eigenvalue weighted by Gasteiger charge is 2.25. The van der Waals surface area contributed by atoms with Crippen LogP contribution in [0.1, 0.15) is 32.1 Å². The molecule has 1 fully saturated rings. The van der Waals surface area contributed by atoms with Crippen molar-refractivity contribution in [1.82, 2.24) is 0 Å². The van der Waals surface area contributed by atoms with Gasteiger partial charge in [0.15, 0.2) is 0 Å². The number of carboxylic acid groups (broad SMARTS) is 1. The van der Waals surface area contributed by atoms with Crippen LogP contribution in [0.5, 0.6) is 0 Å². The summed E-state index contributed by atoms with van der Waals surface area (Å²) in [4.78, 5) is 10.6. The van der Waals surface area contributed by atoms with Gasteiger partial charge >= 0.3 is 5.97 Å². The average Bonchev–Trinajstić information content (AvgIpc) is 2.06. The maximum atomic E-state index is 10.6. The summed E-state index contributed by atoms with van der Waals surface area (Å²) in [7, 11) is 0. The molecule has 0 radical (unpaired) electrons. The van der Waals surface area contributed by atoms with E-state index in [2.05, 4.69) is 6.07 Å². The second-order valence-electron chi connectivity index (χ2n) is 3.42. The summed E-state index contributed by atoms with van der Waals surface area (Å²) in [6, 6.07) is 2.13. The van der Waals surface area contributed by atoms with Gasteiger partial charge < -0.3 is 5.11 Å². The van der Waals surface area contributed by atoms with E-state index < -0.39 is 5.97 Å². The van der Waals surface area contributed by atoms with E-state index in [-0.39, 0.29) is 5.92 Å². The van der Waals surface area contributed by atoms with Gasteiger partial charge in [-0.05, 0) is 31.6 Å². The molecular formula is C9H13NO2. The predicted molar refractivity (Wildman–Crippen MR) is 43.3 cm³/mol. The van der Waals surface area contributed by atoms with Crippen LogP contribution in [0.2, 0.25) is 0 Å². The average molecular weight is 167 g/mol. The van der Waals surface area contributed by atoms with Gasteiger partial charge in [0.05, 0.1) is 12.0 Å². The molecule has 0 atom stereocenters. The van der Waals surface area contributed by atoms with E-state index in [0.29, 0.717) is 12.3 Å². The van der Waals surface area contributed by atoms with Gasteiger partial charge in [-0.25, -0.2) is 0 Å². The normalized spacial score (nSPS) is 29.2. The van der Waals surface area contributed by atoms with Crippen molar-refractivity contribution in [2.24, 2.45) is 11.8 Å². The smallest absolute Gasteiger partial charge is 0.306 e. The molecule has 0 aromatic carbocycles. The Bertz CT molecular complexity index is 199. The number of nitriles is 1. The standard InChI is InChI=1S/C9H13NO2/c10-6-5-7-1-3-8(4-2-7)9(11)12/h7-8H,1-5H2,(H,11,12)/t7-,8-.